The van der Waals surface area contributed by atoms with Crippen LogP contribution in [0.5, 0.6) is 0 Å². The summed E-state index contributed by atoms with van der Waals surface area (Å²) in [7, 11) is 0. The summed E-state index contributed by atoms with van der Waals surface area (Å²) in [5.74, 6) is -0.532. The Morgan fingerprint density at radius 3 is 2.04 bits per heavy atom. The summed E-state index contributed by atoms with van der Waals surface area (Å²) in [5, 5.41) is 2.83. The summed E-state index contributed by atoms with van der Waals surface area (Å²) in [6.07, 6.45) is 5.07. The van der Waals surface area contributed by atoms with Gasteiger partial charge in [-0.15, -0.1) is 0 Å². The van der Waals surface area contributed by atoms with E-state index >= 15 is 0 Å². The molecule has 3 amide bonds. The Labute approximate surface area is 170 Å². The van der Waals surface area contributed by atoms with Crippen LogP contribution in [-0.2, 0) is 9.59 Å². The van der Waals surface area contributed by atoms with Crippen molar-refractivity contribution in [2.45, 2.75) is 6.42 Å². The van der Waals surface area contributed by atoms with Gasteiger partial charge in [0, 0.05) is 15.7 Å². The van der Waals surface area contributed by atoms with Crippen molar-refractivity contribution >= 4 is 45.0 Å². The fraction of sp³-hybridized carbons (Fsp3) is 0.227. The molecule has 2 aliphatic carbocycles. The van der Waals surface area contributed by atoms with E-state index in [1.165, 1.54) is 4.90 Å². The first-order chi connectivity index (χ1) is 13.5. The minimum atomic E-state index is -0.243. The third-order valence-electron chi connectivity index (χ3n) is 5.96. The Hall–Kier alpha value is -2.73. The lowest BCUT2D eigenvalue weighted by Gasteiger charge is -2.17. The van der Waals surface area contributed by atoms with Crippen LogP contribution < -0.4 is 10.2 Å². The number of halogens is 1. The molecule has 0 unspecified atom stereocenters. The molecule has 2 fully saturated rings. The fourth-order valence-electron chi connectivity index (χ4n) is 4.66. The molecule has 1 N–H and O–H groups in total. The van der Waals surface area contributed by atoms with Gasteiger partial charge >= 0.3 is 0 Å². The Bertz CT molecular complexity index is 983. The number of rotatable bonds is 3. The highest BCUT2D eigenvalue weighted by Crippen LogP contribution is 2.53. The zero-order valence-corrected chi connectivity index (χ0v) is 16.4. The van der Waals surface area contributed by atoms with E-state index in [1.807, 2.05) is 12.1 Å². The van der Waals surface area contributed by atoms with Crippen LogP contribution in [0.3, 0.4) is 0 Å². The normalized spacial score (nSPS) is 27.4. The molecule has 5 nitrogen and oxygen atoms in total. The number of hydrogen-bond acceptors (Lipinski definition) is 3. The molecular weight excluding hydrogens is 420 g/mol. The first-order valence-electron chi connectivity index (χ1n) is 9.26. The number of fused-ring (bicyclic) bond motifs is 5. The predicted molar refractivity (Wildman–Crippen MR) is 109 cm³/mol. The van der Waals surface area contributed by atoms with E-state index in [0.717, 1.165) is 10.9 Å². The van der Waals surface area contributed by atoms with Gasteiger partial charge in [0.05, 0.1) is 17.5 Å². The molecule has 1 saturated carbocycles. The second kappa shape index (κ2) is 6.41. The first kappa shape index (κ1) is 17.4. The number of anilines is 2. The van der Waals surface area contributed by atoms with Gasteiger partial charge < -0.3 is 5.32 Å². The van der Waals surface area contributed by atoms with E-state index in [4.69, 9.17) is 0 Å². The Morgan fingerprint density at radius 2 is 1.46 bits per heavy atom. The molecule has 1 saturated heterocycles. The Morgan fingerprint density at radius 1 is 0.893 bits per heavy atom. The monoisotopic (exact) mass is 436 g/mol. The number of allylic oxidation sites excluding steroid dienone is 2. The number of amides is 3. The summed E-state index contributed by atoms with van der Waals surface area (Å²) in [4.78, 5) is 39.5. The van der Waals surface area contributed by atoms with Crippen molar-refractivity contribution in [3.05, 3.63) is 70.7 Å². The Kier molecular flexibility index (Phi) is 3.98. The molecule has 0 aromatic heterocycles. The zero-order valence-electron chi connectivity index (χ0n) is 14.8. The van der Waals surface area contributed by atoms with Crippen LogP contribution in [0.25, 0.3) is 0 Å². The smallest absolute Gasteiger partial charge is 0.255 e. The van der Waals surface area contributed by atoms with Gasteiger partial charge in [0.2, 0.25) is 11.8 Å². The van der Waals surface area contributed by atoms with Crippen LogP contribution in [-0.4, -0.2) is 17.7 Å². The lowest BCUT2D eigenvalue weighted by atomic mass is 9.85. The number of hydrogen-bond donors (Lipinski definition) is 1. The number of imide groups is 1. The quantitative estimate of drug-likeness (QED) is 0.583. The van der Waals surface area contributed by atoms with Crippen molar-refractivity contribution in [3.8, 4) is 0 Å². The maximum Gasteiger partial charge on any atom is 0.255 e. The number of benzene rings is 2. The lowest BCUT2D eigenvalue weighted by Crippen LogP contribution is -2.32. The van der Waals surface area contributed by atoms with E-state index in [9.17, 15) is 14.4 Å². The third kappa shape index (κ3) is 2.63. The number of nitrogens with one attached hydrogen (secondary N) is 1. The van der Waals surface area contributed by atoms with Crippen molar-refractivity contribution in [3.63, 3.8) is 0 Å². The van der Waals surface area contributed by atoms with Gasteiger partial charge in [0.15, 0.2) is 0 Å². The molecule has 6 heteroatoms. The zero-order chi connectivity index (χ0) is 19.4. The number of nitrogens with zero attached hydrogens (tertiary/aromatic N) is 1. The molecule has 0 radical (unpaired) electrons. The SMILES string of the molecule is O=C(Nc1ccc(Br)cc1)c1ccc(N2C(=O)[C@@H]3[C@H](C2=O)[C@H]2C=C[C@@H]3C2)cc1. The van der Waals surface area contributed by atoms with Crippen LogP contribution in [0.2, 0.25) is 0 Å². The van der Waals surface area contributed by atoms with Crippen molar-refractivity contribution in [2.75, 3.05) is 10.2 Å². The van der Waals surface area contributed by atoms with E-state index in [1.54, 1.807) is 36.4 Å². The van der Waals surface area contributed by atoms with Crippen molar-refractivity contribution < 1.29 is 14.4 Å². The first-order valence-corrected chi connectivity index (χ1v) is 10.1. The molecule has 3 aliphatic rings. The van der Waals surface area contributed by atoms with Gasteiger partial charge in [0.1, 0.15) is 0 Å². The lowest BCUT2D eigenvalue weighted by molar-refractivity contribution is -0.123. The molecule has 2 aromatic rings. The van der Waals surface area contributed by atoms with E-state index in [0.29, 0.717) is 16.9 Å². The molecule has 2 bridgehead atoms. The van der Waals surface area contributed by atoms with Crippen LogP contribution >= 0.6 is 15.9 Å². The van der Waals surface area contributed by atoms with Gasteiger partial charge in [-0.1, -0.05) is 28.1 Å². The second-order valence-corrected chi connectivity index (χ2v) is 8.44. The van der Waals surface area contributed by atoms with Gasteiger partial charge in [-0.05, 0) is 66.8 Å². The maximum atomic E-state index is 12.9. The molecular formula is C22H17BrN2O3. The highest BCUT2D eigenvalue weighted by molar-refractivity contribution is 9.10. The molecule has 0 spiro atoms. The molecule has 5 rings (SSSR count). The standard InChI is InChI=1S/C22H17BrN2O3/c23-15-5-7-16(8-6-15)24-20(26)12-3-9-17(10-4-12)25-21(27)18-13-1-2-14(11-13)19(18)22(25)28/h1-10,13-14,18-19H,11H2,(H,24,26)/t13-,14+,18+,19-. The Balaban J connectivity index is 1.34. The molecule has 2 aromatic carbocycles. The van der Waals surface area contributed by atoms with Crippen LogP contribution in [0, 0.1) is 23.7 Å². The van der Waals surface area contributed by atoms with Gasteiger partial charge in [0.25, 0.3) is 5.91 Å². The van der Waals surface area contributed by atoms with Crippen LogP contribution in [0.1, 0.15) is 16.8 Å². The highest BCUT2D eigenvalue weighted by Gasteiger charge is 2.59. The summed E-state index contributed by atoms with van der Waals surface area (Å²) in [6.45, 7) is 0. The van der Waals surface area contributed by atoms with Crippen LogP contribution in [0.15, 0.2) is 65.2 Å². The summed E-state index contributed by atoms with van der Waals surface area (Å²) >= 11 is 3.36. The van der Waals surface area contributed by atoms with Gasteiger partial charge in [-0.2, -0.15) is 0 Å². The summed E-state index contributed by atoms with van der Waals surface area (Å²) in [5.41, 5.74) is 1.69. The minimum absolute atomic E-state index is 0.112. The van der Waals surface area contributed by atoms with Crippen LogP contribution in [0.4, 0.5) is 11.4 Å². The third-order valence-corrected chi connectivity index (χ3v) is 6.49. The predicted octanol–water partition coefficient (Wildman–Crippen LogP) is 4.01. The average Bonchev–Trinajstić information content (AvgIpc) is 3.38. The summed E-state index contributed by atoms with van der Waals surface area (Å²) in [6, 6.07) is 13.9. The van der Waals surface area contributed by atoms with Gasteiger partial charge in [-0.25, -0.2) is 0 Å². The highest BCUT2D eigenvalue weighted by atomic mass is 79.9. The topological polar surface area (TPSA) is 66.5 Å². The van der Waals surface area contributed by atoms with E-state index in [2.05, 4.69) is 33.4 Å². The largest absolute Gasteiger partial charge is 0.322 e. The fourth-order valence-corrected chi connectivity index (χ4v) is 4.92. The molecule has 4 atom stereocenters. The summed E-state index contributed by atoms with van der Waals surface area (Å²) < 4.78 is 0.934. The molecule has 1 heterocycles. The van der Waals surface area contributed by atoms with E-state index in [-0.39, 0.29) is 41.4 Å². The number of carbonyl (C=O) groups is 3. The second-order valence-electron chi connectivity index (χ2n) is 7.52. The maximum absolute atomic E-state index is 12.9. The average molecular weight is 437 g/mol. The van der Waals surface area contributed by atoms with E-state index < -0.39 is 0 Å². The van der Waals surface area contributed by atoms with Gasteiger partial charge in [-0.3, -0.25) is 19.3 Å². The number of carbonyl (C=O) groups excluding carboxylic acids is 3. The van der Waals surface area contributed by atoms with Crippen molar-refractivity contribution in [2.24, 2.45) is 23.7 Å². The van der Waals surface area contributed by atoms with Crippen molar-refractivity contribution in [1.82, 2.24) is 0 Å². The minimum Gasteiger partial charge on any atom is -0.322 e. The molecule has 1 aliphatic heterocycles. The van der Waals surface area contributed by atoms with Crippen molar-refractivity contribution in [1.29, 1.82) is 0 Å². The molecule has 140 valence electrons. The molecule has 28 heavy (non-hydrogen) atoms.